The van der Waals surface area contributed by atoms with Crippen LogP contribution in [0.5, 0.6) is 0 Å². The van der Waals surface area contributed by atoms with Crippen molar-refractivity contribution in [3.8, 4) is 0 Å². The van der Waals surface area contributed by atoms with Crippen LogP contribution in [0, 0.1) is 0 Å². The van der Waals surface area contributed by atoms with E-state index in [1.165, 1.54) is 0 Å². The van der Waals surface area contributed by atoms with Gasteiger partial charge in [0.15, 0.2) is 0 Å². The van der Waals surface area contributed by atoms with Crippen LogP contribution < -0.4 is 0 Å². The van der Waals surface area contributed by atoms with Gasteiger partial charge in [-0.05, 0) is 20.2 Å². The van der Waals surface area contributed by atoms with E-state index < -0.39 is 4.93 Å². The minimum Gasteiger partial charge on any atom is -0.435 e. The van der Waals surface area contributed by atoms with Crippen LogP contribution in [0.4, 0.5) is 0 Å². The minimum absolute atomic E-state index is 0. The zero-order valence-corrected chi connectivity index (χ0v) is 14.8. The van der Waals surface area contributed by atoms with E-state index in [9.17, 15) is 4.79 Å². The zero-order valence-electron chi connectivity index (χ0n) is 13.2. The van der Waals surface area contributed by atoms with Crippen molar-refractivity contribution in [2.24, 2.45) is 0 Å². The number of rotatable bonds is 5. The number of ether oxygens (including phenoxy) is 1. The third-order valence-electron chi connectivity index (χ3n) is 3.74. The molecule has 23 heavy (non-hydrogen) atoms. The van der Waals surface area contributed by atoms with Crippen LogP contribution in [0.25, 0.3) is 0 Å². The summed E-state index contributed by atoms with van der Waals surface area (Å²) in [7, 11) is 4.09. The first-order chi connectivity index (χ1) is 10.6. The molecule has 0 N–H and O–H groups in total. The Morgan fingerprint density at radius 2 is 1.70 bits per heavy atom. The second-order valence-electron chi connectivity index (χ2n) is 5.57. The Morgan fingerprint density at radius 1 is 1.04 bits per heavy atom. The molecule has 122 valence electrons. The van der Waals surface area contributed by atoms with Crippen LogP contribution in [-0.4, -0.2) is 37.3 Å². The summed E-state index contributed by atoms with van der Waals surface area (Å²) in [6.45, 7) is 0.930. The van der Waals surface area contributed by atoms with Crippen LogP contribution in [0.3, 0.4) is 0 Å². The van der Waals surface area contributed by atoms with Crippen molar-refractivity contribution < 1.29 is 9.53 Å². The Balaban J connectivity index is 0.00000192. The molecule has 1 heterocycles. The summed E-state index contributed by atoms with van der Waals surface area (Å²) in [6.07, 6.45) is 0. The second-order valence-corrected chi connectivity index (χ2v) is 6.84. The van der Waals surface area contributed by atoms with E-state index in [1.54, 1.807) is 11.8 Å². The lowest BCUT2D eigenvalue weighted by molar-refractivity contribution is 0.0384. The highest BCUT2D eigenvalue weighted by atomic mass is 35.5. The molecule has 0 bridgehead atoms. The van der Waals surface area contributed by atoms with Gasteiger partial charge in [0.25, 0.3) is 0 Å². The van der Waals surface area contributed by atoms with Crippen LogP contribution in [0.15, 0.2) is 54.6 Å². The van der Waals surface area contributed by atoms with E-state index in [2.05, 4.69) is 4.90 Å². The summed E-state index contributed by atoms with van der Waals surface area (Å²) < 4.78 is 5.89. The largest absolute Gasteiger partial charge is 0.435 e. The first-order valence-electron chi connectivity index (χ1n) is 7.30. The predicted molar refractivity (Wildman–Crippen MR) is 97.3 cm³/mol. The molecule has 0 spiro atoms. The molecule has 0 radical (unpaired) electrons. The molecule has 0 saturated carbocycles. The minimum atomic E-state index is -0.731. The number of carbonyl (C=O) groups excluding carboxylic acids is 1. The summed E-state index contributed by atoms with van der Waals surface area (Å²) in [5.41, 5.74) is 2.63. The Morgan fingerprint density at radius 3 is 2.39 bits per heavy atom. The molecule has 1 unspecified atom stereocenters. The van der Waals surface area contributed by atoms with Crippen molar-refractivity contribution in [2.75, 3.05) is 26.4 Å². The summed E-state index contributed by atoms with van der Waals surface area (Å²) >= 11 is 1.67. The topological polar surface area (TPSA) is 29.5 Å². The molecule has 0 amide bonds. The second kappa shape index (κ2) is 7.39. The van der Waals surface area contributed by atoms with Crippen LogP contribution in [0.2, 0.25) is 0 Å². The van der Waals surface area contributed by atoms with E-state index in [0.29, 0.717) is 5.56 Å². The summed E-state index contributed by atoms with van der Waals surface area (Å²) in [5, 5.41) is 0. The summed E-state index contributed by atoms with van der Waals surface area (Å²) in [5.74, 6) is 0.639. The molecule has 0 saturated heterocycles. The fourth-order valence-corrected chi connectivity index (χ4v) is 4.14. The number of esters is 1. The molecule has 0 aliphatic carbocycles. The quantitative estimate of drug-likeness (QED) is 0.768. The number of fused-ring (bicyclic) bond motifs is 1. The number of cyclic esters (lactones) is 1. The van der Waals surface area contributed by atoms with Gasteiger partial charge in [0.05, 0.1) is 5.56 Å². The fourth-order valence-electron chi connectivity index (χ4n) is 2.62. The van der Waals surface area contributed by atoms with Crippen molar-refractivity contribution in [3.63, 3.8) is 0 Å². The van der Waals surface area contributed by atoms with Gasteiger partial charge in [0.2, 0.25) is 4.93 Å². The van der Waals surface area contributed by atoms with E-state index >= 15 is 0 Å². The number of halogens is 1. The molecule has 2 aromatic rings. The Labute approximate surface area is 147 Å². The maximum atomic E-state index is 12.3. The number of carbonyl (C=O) groups is 1. The Kier molecular flexibility index (Phi) is 5.74. The van der Waals surface area contributed by atoms with Crippen molar-refractivity contribution in [2.45, 2.75) is 4.93 Å². The first kappa shape index (κ1) is 17.9. The van der Waals surface area contributed by atoms with Crippen molar-refractivity contribution in [1.82, 2.24) is 4.90 Å². The molecular weight excluding hydrogens is 330 g/mol. The average Bonchev–Trinajstić information content (AvgIpc) is 2.82. The zero-order chi connectivity index (χ0) is 15.6. The number of hydrogen-bond acceptors (Lipinski definition) is 4. The van der Waals surface area contributed by atoms with Crippen LogP contribution in [0.1, 0.15) is 21.5 Å². The molecule has 3 rings (SSSR count). The molecule has 1 aliphatic rings. The van der Waals surface area contributed by atoms with E-state index in [4.69, 9.17) is 4.74 Å². The van der Waals surface area contributed by atoms with Gasteiger partial charge < -0.3 is 9.64 Å². The SMILES string of the molecule is CN(C)CCSC1(c2ccccc2)OC(=O)c2ccccc21.Cl. The van der Waals surface area contributed by atoms with E-state index in [-0.39, 0.29) is 18.4 Å². The average molecular weight is 350 g/mol. The van der Waals surface area contributed by atoms with E-state index in [1.807, 2.05) is 68.7 Å². The molecule has 2 aromatic carbocycles. The predicted octanol–water partition coefficient (Wildman–Crippen LogP) is 3.77. The lowest BCUT2D eigenvalue weighted by Crippen LogP contribution is -2.26. The molecule has 5 heteroatoms. The number of benzene rings is 2. The Bertz CT molecular complexity index is 678. The molecule has 0 aromatic heterocycles. The van der Waals surface area contributed by atoms with Crippen LogP contribution >= 0.6 is 24.2 Å². The summed E-state index contributed by atoms with van der Waals surface area (Å²) in [4.78, 5) is 13.7. The Hall–Kier alpha value is -1.49. The highest BCUT2D eigenvalue weighted by Gasteiger charge is 2.47. The molecule has 1 aliphatic heterocycles. The van der Waals surface area contributed by atoms with Gasteiger partial charge in [0.1, 0.15) is 0 Å². The summed E-state index contributed by atoms with van der Waals surface area (Å²) in [6, 6.07) is 17.7. The van der Waals surface area contributed by atoms with Gasteiger partial charge >= 0.3 is 5.97 Å². The lowest BCUT2D eigenvalue weighted by Gasteiger charge is -2.29. The number of thioether (sulfide) groups is 1. The molecule has 1 atom stereocenters. The highest BCUT2D eigenvalue weighted by molar-refractivity contribution is 8.00. The maximum absolute atomic E-state index is 12.3. The van der Waals surface area contributed by atoms with Gasteiger partial charge in [0, 0.05) is 23.4 Å². The standard InChI is InChI=1S/C18H19NO2S.ClH/c1-19(2)12-13-22-18(14-8-4-3-5-9-14)16-11-7-6-10-15(16)17(20)21-18;/h3-11H,12-13H2,1-2H3;1H. The van der Waals surface area contributed by atoms with Crippen molar-refractivity contribution in [1.29, 1.82) is 0 Å². The van der Waals surface area contributed by atoms with Gasteiger partial charge in [-0.25, -0.2) is 4.79 Å². The number of hydrogen-bond donors (Lipinski definition) is 0. The maximum Gasteiger partial charge on any atom is 0.340 e. The monoisotopic (exact) mass is 349 g/mol. The van der Waals surface area contributed by atoms with Crippen LogP contribution in [-0.2, 0) is 9.67 Å². The molecule has 0 fully saturated rings. The lowest BCUT2D eigenvalue weighted by atomic mass is 9.99. The molecular formula is C18H20ClNO2S. The highest BCUT2D eigenvalue weighted by Crippen LogP contribution is 2.49. The smallest absolute Gasteiger partial charge is 0.340 e. The fraction of sp³-hybridized carbons (Fsp3) is 0.278. The normalized spacial score (nSPS) is 19.2. The van der Waals surface area contributed by atoms with Gasteiger partial charge in [-0.1, -0.05) is 48.5 Å². The first-order valence-corrected chi connectivity index (χ1v) is 8.29. The van der Waals surface area contributed by atoms with Gasteiger partial charge in [-0.15, -0.1) is 24.2 Å². The van der Waals surface area contributed by atoms with E-state index in [0.717, 1.165) is 23.4 Å². The number of nitrogens with zero attached hydrogens (tertiary/aromatic N) is 1. The van der Waals surface area contributed by atoms with Crippen molar-refractivity contribution in [3.05, 3.63) is 71.3 Å². The third kappa shape index (κ3) is 3.39. The third-order valence-corrected chi connectivity index (χ3v) is 5.07. The van der Waals surface area contributed by atoms with Crippen molar-refractivity contribution >= 4 is 30.1 Å². The molecule has 3 nitrogen and oxygen atoms in total. The van der Waals surface area contributed by atoms with Gasteiger partial charge in [-0.2, -0.15) is 0 Å². The van der Waals surface area contributed by atoms with Gasteiger partial charge in [-0.3, -0.25) is 0 Å².